The Balaban J connectivity index is 1.75. The molecule has 0 unspecified atom stereocenters. The number of hydrogen-bond donors (Lipinski definition) is 2. The summed E-state index contributed by atoms with van der Waals surface area (Å²) in [5.74, 6) is 0.984. The number of benzene rings is 1. The molecule has 0 aliphatic heterocycles. The van der Waals surface area contributed by atoms with Crippen molar-refractivity contribution in [2.75, 3.05) is 5.32 Å². The van der Waals surface area contributed by atoms with Crippen molar-refractivity contribution in [3.8, 4) is 22.2 Å². The van der Waals surface area contributed by atoms with Gasteiger partial charge in [-0.1, -0.05) is 30.3 Å². The zero-order chi connectivity index (χ0) is 16.9. The quantitative estimate of drug-likeness (QED) is 0.721. The van der Waals surface area contributed by atoms with Crippen LogP contribution in [0.25, 0.3) is 22.2 Å². The number of nitrogens with zero attached hydrogens (tertiary/aromatic N) is 2. The van der Waals surface area contributed by atoms with Gasteiger partial charge in [0.25, 0.3) is 5.89 Å². The lowest BCUT2D eigenvalue weighted by Gasteiger charge is -2.12. The second-order valence-corrected chi connectivity index (χ2v) is 6.34. The molecule has 0 radical (unpaired) electrons. The predicted octanol–water partition coefficient (Wildman–Crippen LogP) is 4.39. The lowest BCUT2D eigenvalue weighted by atomic mass is 10.2. The van der Waals surface area contributed by atoms with Crippen LogP contribution < -0.4 is 10.6 Å². The Bertz CT molecular complexity index is 814. The van der Waals surface area contributed by atoms with E-state index in [1.807, 2.05) is 55.6 Å². The molecule has 0 aliphatic rings. The molecule has 2 N–H and O–H groups in total. The van der Waals surface area contributed by atoms with Gasteiger partial charge in [-0.05, 0) is 36.9 Å². The maximum atomic E-state index is 11.9. The van der Waals surface area contributed by atoms with Crippen molar-refractivity contribution in [1.82, 2.24) is 15.5 Å². The van der Waals surface area contributed by atoms with E-state index in [1.54, 1.807) is 11.3 Å². The summed E-state index contributed by atoms with van der Waals surface area (Å²) in [6.45, 7) is 3.98. The third kappa shape index (κ3) is 3.80. The zero-order valence-electron chi connectivity index (χ0n) is 13.4. The van der Waals surface area contributed by atoms with E-state index in [-0.39, 0.29) is 12.1 Å². The van der Waals surface area contributed by atoms with Gasteiger partial charge < -0.3 is 15.2 Å². The van der Waals surface area contributed by atoms with Crippen molar-refractivity contribution in [2.45, 2.75) is 26.3 Å². The minimum Gasteiger partial charge on any atom is -0.335 e. The third-order valence-corrected chi connectivity index (χ3v) is 4.38. The van der Waals surface area contributed by atoms with Gasteiger partial charge in [-0.15, -0.1) is 11.3 Å². The largest absolute Gasteiger partial charge is 0.335 e. The van der Waals surface area contributed by atoms with Crippen molar-refractivity contribution >= 4 is 23.1 Å². The lowest BCUT2D eigenvalue weighted by molar-refractivity contribution is 0.249. The highest BCUT2D eigenvalue weighted by Crippen LogP contribution is 2.26. The van der Waals surface area contributed by atoms with Gasteiger partial charge in [0.05, 0.1) is 4.88 Å². The number of hydrogen-bond acceptors (Lipinski definition) is 5. The van der Waals surface area contributed by atoms with E-state index >= 15 is 0 Å². The molecule has 1 atom stereocenters. The Hall–Kier alpha value is -2.67. The zero-order valence-corrected chi connectivity index (χ0v) is 14.3. The van der Waals surface area contributed by atoms with Crippen molar-refractivity contribution in [2.24, 2.45) is 0 Å². The fourth-order valence-electron chi connectivity index (χ4n) is 2.07. The van der Waals surface area contributed by atoms with Crippen LogP contribution in [0.5, 0.6) is 0 Å². The van der Waals surface area contributed by atoms with Crippen LogP contribution >= 0.6 is 11.3 Å². The summed E-state index contributed by atoms with van der Waals surface area (Å²) >= 11 is 1.54. The normalized spacial score (nSPS) is 11.9. The van der Waals surface area contributed by atoms with E-state index in [9.17, 15) is 4.79 Å². The second kappa shape index (κ2) is 7.27. The second-order valence-electron chi connectivity index (χ2n) is 5.39. The molecule has 3 rings (SSSR count). The molecule has 1 aromatic carbocycles. The predicted molar refractivity (Wildman–Crippen MR) is 95.0 cm³/mol. The fourth-order valence-corrected chi connectivity index (χ4v) is 2.71. The van der Waals surface area contributed by atoms with Gasteiger partial charge in [0.15, 0.2) is 0 Å². The molecule has 7 heteroatoms. The summed E-state index contributed by atoms with van der Waals surface area (Å²) in [6, 6.07) is 11.1. The van der Waals surface area contributed by atoms with Crippen molar-refractivity contribution in [3.05, 3.63) is 41.8 Å². The minimum atomic E-state index is -0.228. The van der Waals surface area contributed by atoms with Crippen molar-refractivity contribution in [3.63, 3.8) is 0 Å². The lowest BCUT2D eigenvalue weighted by Crippen LogP contribution is -2.35. The summed E-state index contributed by atoms with van der Waals surface area (Å²) in [5.41, 5.74) is 1.46. The molecule has 124 valence electrons. The van der Waals surface area contributed by atoms with Crippen molar-refractivity contribution in [1.29, 1.82) is 0 Å². The standard InChI is InChI=1S/C17H18N4O2S/c1-3-11(2)18-17(22)19-13-7-4-6-12(10-13)15-20-16(23-21-15)14-8-5-9-24-14/h4-11H,3H2,1-2H3,(H2,18,19,22)/t11-/m0/s1. The number of anilines is 1. The molecule has 0 aliphatic carbocycles. The average molecular weight is 342 g/mol. The SMILES string of the molecule is CC[C@H](C)NC(=O)Nc1cccc(-c2noc(-c3cccs3)n2)c1. The molecule has 24 heavy (non-hydrogen) atoms. The van der Waals surface area contributed by atoms with E-state index in [4.69, 9.17) is 4.52 Å². The van der Waals surface area contributed by atoms with Crippen LogP contribution in [0, 0.1) is 0 Å². The van der Waals surface area contributed by atoms with Gasteiger partial charge in [-0.3, -0.25) is 0 Å². The molecule has 2 amide bonds. The van der Waals surface area contributed by atoms with Gasteiger partial charge in [-0.2, -0.15) is 4.98 Å². The number of rotatable bonds is 5. The highest BCUT2D eigenvalue weighted by atomic mass is 32.1. The van der Waals surface area contributed by atoms with Crippen LogP contribution in [0.1, 0.15) is 20.3 Å². The van der Waals surface area contributed by atoms with Crippen LogP contribution in [0.2, 0.25) is 0 Å². The maximum absolute atomic E-state index is 11.9. The van der Waals surface area contributed by atoms with Gasteiger partial charge in [0.2, 0.25) is 5.82 Å². The molecule has 6 nitrogen and oxygen atoms in total. The van der Waals surface area contributed by atoms with Crippen LogP contribution in [0.15, 0.2) is 46.3 Å². The third-order valence-electron chi connectivity index (χ3n) is 3.53. The Labute approximate surface area is 143 Å². The van der Waals surface area contributed by atoms with Crippen LogP contribution in [0.3, 0.4) is 0 Å². The summed E-state index contributed by atoms with van der Waals surface area (Å²) in [4.78, 5) is 17.3. The molecule has 0 saturated heterocycles. The molecule has 0 fully saturated rings. The first-order valence-electron chi connectivity index (χ1n) is 7.71. The van der Waals surface area contributed by atoms with Crippen LogP contribution in [-0.4, -0.2) is 22.2 Å². The summed E-state index contributed by atoms with van der Waals surface area (Å²) in [7, 11) is 0. The topological polar surface area (TPSA) is 80.0 Å². The minimum absolute atomic E-state index is 0.124. The number of aromatic nitrogens is 2. The summed E-state index contributed by atoms with van der Waals surface area (Å²) in [5, 5.41) is 11.7. The highest BCUT2D eigenvalue weighted by Gasteiger charge is 2.12. The van der Waals surface area contributed by atoms with Gasteiger partial charge in [0.1, 0.15) is 0 Å². The number of nitrogens with one attached hydrogen (secondary N) is 2. The highest BCUT2D eigenvalue weighted by molar-refractivity contribution is 7.13. The van der Waals surface area contributed by atoms with Gasteiger partial charge in [0, 0.05) is 17.3 Å². The molecule has 3 aromatic rings. The molecular weight excluding hydrogens is 324 g/mol. The Morgan fingerprint density at radius 3 is 2.96 bits per heavy atom. The first kappa shape index (κ1) is 16.2. The van der Waals surface area contributed by atoms with E-state index in [2.05, 4.69) is 20.8 Å². The number of thiophene rings is 1. The number of carbonyl (C=O) groups excluding carboxylic acids is 1. The van der Waals surface area contributed by atoms with Gasteiger partial charge >= 0.3 is 6.03 Å². The Morgan fingerprint density at radius 1 is 1.33 bits per heavy atom. The van der Waals surface area contributed by atoms with Crippen LogP contribution in [0.4, 0.5) is 10.5 Å². The Morgan fingerprint density at radius 2 is 2.21 bits per heavy atom. The Kier molecular flexibility index (Phi) is 4.90. The molecular formula is C17H18N4O2S. The maximum Gasteiger partial charge on any atom is 0.319 e. The fraction of sp³-hybridized carbons (Fsp3) is 0.235. The smallest absolute Gasteiger partial charge is 0.319 e. The molecule has 0 bridgehead atoms. The van der Waals surface area contributed by atoms with Gasteiger partial charge in [-0.25, -0.2) is 4.79 Å². The van der Waals surface area contributed by atoms with Crippen LogP contribution in [-0.2, 0) is 0 Å². The molecule has 2 heterocycles. The summed E-state index contributed by atoms with van der Waals surface area (Å²) < 4.78 is 5.30. The van der Waals surface area contributed by atoms with E-state index in [0.29, 0.717) is 17.4 Å². The summed E-state index contributed by atoms with van der Waals surface area (Å²) in [6.07, 6.45) is 0.877. The number of urea groups is 1. The number of amides is 2. The first-order valence-corrected chi connectivity index (χ1v) is 8.59. The monoisotopic (exact) mass is 342 g/mol. The molecule has 0 spiro atoms. The first-order chi connectivity index (χ1) is 11.7. The van der Waals surface area contributed by atoms with E-state index in [1.165, 1.54) is 0 Å². The average Bonchev–Trinajstić information content (AvgIpc) is 3.26. The molecule has 0 saturated carbocycles. The number of carbonyl (C=O) groups is 1. The van der Waals surface area contributed by atoms with E-state index in [0.717, 1.165) is 16.9 Å². The van der Waals surface area contributed by atoms with E-state index < -0.39 is 0 Å². The van der Waals surface area contributed by atoms with Crippen molar-refractivity contribution < 1.29 is 9.32 Å². The molecule has 2 aromatic heterocycles.